The van der Waals surface area contributed by atoms with Crippen molar-refractivity contribution in [1.82, 2.24) is 0 Å². The summed E-state index contributed by atoms with van der Waals surface area (Å²) < 4.78 is 6.25. The molecule has 0 bridgehead atoms. The van der Waals surface area contributed by atoms with Gasteiger partial charge in [0.15, 0.2) is 0 Å². The molecule has 254 valence electrons. The van der Waals surface area contributed by atoms with Crippen LogP contribution in [0.4, 0.5) is 17.1 Å². The van der Waals surface area contributed by atoms with Crippen molar-refractivity contribution in [3.05, 3.63) is 212 Å². The quantitative estimate of drug-likeness (QED) is 0.166. The van der Waals surface area contributed by atoms with Crippen LogP contribution in [0.15, 0.2) is 217 Å². The summed E-state index contributed by atoms with van der Waals surface area (Å²) in [5, 5.41) is 4.74. The first-order valence-electron chi connectivity index (χ1n) is 18.4. The first-order valence-corrected chi connectivity index (χ1v) is 18.4. The van der Waals surface area contributed by atoms with Crippen LogP contribution in [0.25, 0.3) is 77.2 Å². The second-order valence-electron chi connectivity index (χ2n) is 13.7. The lowest BCUT2D eigenvalue weighted by Gasteiger charge is -2.29. The van der Waals surface area contributed by atoms with Gasteiger partial charge in [-0.05, 0) is 98.2 Å². The minimum atomic E-state index is 0.899. The molecule has 0 unspecified atom stereocenters. The molecule has 9 aromatic carbocycles. The molecule has 0 amide bonds. The lowest BCUT2D eigenvalue weighted by molar-refractivity contribution is 0.669. The molecular formula is C52H35NO. The molecule has 0 atom stereocenters. The second kappa shape index (κ2) is 13.4. The van der Waals surface area contributed by atoms with Gasteiger partial charge in [0.2, 0.25) is 0 Å². The van der Waals surface area contributed by atoms with Gasteiger partial charge in [-0.15, -0.1) is 0 Å². The Morgan fingerprint density at radius 1 is 0.315 bits per heavy atom. The number of anilines is 3. The predicted octanol–water partition coefficient (Wildman–Crippen LogP) is 14.9. The second-order valence-corrected chi connectivity index (χ2v) is 13.7. The van der Waals surface area contributed by atoms with Gasteiger partial charge in [0.25, 0.3) is 0 Å². The summed E-state index contributed by atoms with van der Waals surface area (Å²) in [4.78, 5) is 2.40. The van der Waals surface area contributed by atoms with Crippen molar-refractivity contribution < 1.29 is 4.42 Å². The highest BCUT2D eigenvalue weighted by molar-refractivity contribution is 6.12. The zero-order valence-corrected chi connectivity index (χ0v) is 29.6. The van der Waals surface area contributed by atoms with Crippen molar-refractivity contribution in [2.24, 2.45) is 0 Å². The molecule has 2 heteroatoms. The van der Waals surface area contributed by atoms with Gasteiger partial charge in [-0.25, -0.2) is 0 Å². The van der Waals surface area contributed by atoms with Crippen molar-refractivity contribution in [2.45, 2.75) is 0 Å². The topological polar surface area (TPSA) is 16.4 Å². The van der Waals surface area contributed by atoms with Crippen LogP contribution in [0.5, 0.6) is 0 Å². The maximum absolute atomic E-state index is 6.25. The third kappa shape index (κ3) is 5.71. The van der Waals surface area contributed by atoms with E-state index in [0.29, 0.717) is 0 Å². The third-order valence-electron chi connectivity index (χ3n) is 10.5. The minimum Gasteiger partial charge on any atom is -0.456 e. The van der Waals surface area contributed by atoms with Crippen molar-refractivity contribution in [1.29, 1.82) is 0 Å². The SMILES string of the molecule is c1ccc(-c2ccc(N(c3ccc(-c4cccc5oc6ccccc6c45)cc3)c3cc(-c4ccc5ccccc5c4)ccc3-c3ccccc3)cc2)cc1. The Morgan fingerprint density at radius 2 is 0.852 bits per heavy atom. The highest BCUT2D eigenvalue weighted by Crippen LogP contribution is 2.44. The van der Waals surface area contributed by atoms with Crippen molar-refractivity contribution in [3.8, 4) is 44.5 Å². The summed E-state index contributed by atoms with van der Waals surface area (Å²) >= 11 is 0. The molecule has 0 aliphatic rings. The summed E-state index contributed by atoms with van der Waals surface area (Å²) in [6.07, 6.45) is 0. The molecule has 2 nitrogen and oxygen atoms in total. The molecule has 0 spiro atoms. The molecule has 0 aliphatic heterocycles. The van der Waals surface area contributed by atoms with E-state index in [1.165, 1.54) is 33.0 Å². The zero-order valence-electron chi connectivity index (χ0n) is 29.6. The number of fused-ring (bicyclic) bond motifs is 4. The number of benzene rings is 9. The smallest absolute Gasteiger partial charge is 0.136 e. The highest BCUT2D eigenvalue weighted by Gasteiger charge is 2.20. The average molecular weight is 690 g/mol. The molecule has 0 N–H and O–H groups in total. The maximum atomic E-state index is 6.25. The molecule has 1 aromatic heterocycles. The zero-order chi connectivity index (χ0) is 35.8. The Balaban J connectivity index is 1.16. The number of hydrogen-bond acceptors (Lipinski definition) is 2. The Bertz CT molecular complexity index is 2910. The highest BCUT2D eigenvalue weighted by atomic mass is 16.3. The van der Waals surface area contributed by atoms with Crippen LogP contribution in [0.3, 0.4) is 0 Å². The van der Waals surface area contributed by atoms with Crippen LogP contribution < -0.4 is 4.90 Å². The van der Waals surface area contributed by atoms with E-state index in [9.17, 15) is 0 Å². The molecule has 10 aromatic rings. The minimum absolute atomic E-state index is 0.899. The largest absolute Gasteiger partial charge is 0.456 e. The number of rotatable bonds is 7. The van der Waals surface area contributed by atoms with Gasteiger partial charge < -0.3 is 9.32 Å². The Hall–Kier alpha value is -7.16. The van der Waals surface area contributed by atoms with Gasteiger partial charge in [0.1, 0.15) is 11.2 Å². The summed E-state index contributed by atoms with van der Waals surface area (Å²) in [7, 11) is 0. The first-order chi connectivity index (χ1) is 26.8. The lowest BCUT2D eigenvalue weighted by atomic mass is 9.95. The molecule has 0 aliphatic carbocycles. The van der Waals surface area contributed by atoms with Crippen LogP contribution in [-0.4, -0.2) is 0 Å². The molecule has 0 saturated heterocycles. The molecule has 0 saturated carbocycles. The standard InChI is InChI=1S/C52H35NO/c1-3-12-36(13-4-1)38-24-29-44(30-25-38)53(45-31-26-40(27-32-45)47-19-11-21-51-52(47)48-18-9-10-20-50(48)54-51)49-35-43(28-33-46(49)39-15-5-2-6-16-39)42-23-22-37-14-7-8-17-41(37)34-42/h1-35H. The Labute approximate surface area is 314 Å². The van der Waals surface area contributed by atoms with Crippen LogP contribution in [0.2, 0.25) is 0 Å². The van der Waals surface area contributed by atoms with E-state index in [0.717, 1.165) is 61.3 Å². The van der Waals surface area contributed by atoms with Gasteiger partial charge in [-0.3, -0.25) is 0 Å². The monoisotopic (exact) mass is 689 g/mol. The van der Waals surface area contributed by atoms with Crippen LogP contribution in [-0.2, 0) is 0 Å². The van der Waals surface area contributed by atoms with Crippen molar-refractivity contribution >= 4 is 49.8 Å². The fourth-order valence-corrected chi connectivity index (χ4v) is 7.79. The van der Waals surface area contributed by atoms with Gasteiger partial charge in [0.05, 0.1) is 5.69 Å². The van der Waals surface area contributed by atoms with E-state index in [1.54, 1.807) is 0 Å². The van der Waals surface area contributed by atoms with Gasteiger partial charge in [-0.2, -0.15) is 0 Å². The normalized spacial score (nSPS) is 11.3. The molecule has 10 rings (SSSR count). The fourth-order valence-electron chi connectivity index (χ4n) is 7.79. The average Bonchev–Trinajstić information content (AvgIpc) is 3.64. The summed E-state index contributed by atoms with van der Waals surface area (Å²) in [6, 6.07) is 76.0. The van der Waals surface area contributed by atoms with E-state index in [1.807, 2.05) is 12.1 Å². The van der Waals surface area contributed by atoms with Gasteiger partial charge in [-0.1, -0.05) is 164 Å². The maximum Gasteiger partial charge on any atom is 0.136 e. The van der Waals surface area contributed by atoms with E-state index in [-0.39, 0.29) is 0 Å². The molecule has 54 heavy (non-hydrogen) atoms. The predicted molar refractivity (Wildman–Crippen MR) is 228 cm³/mol. The lowest BCUT2D eigenvalue weighted by Crippen LogP contribution is -2.11. The van der Waals surface area contributed by atoms with Crippen molar-refractivity contribution in [3.63, 3.8) is 0 Å². The van der Waals surface area contributed by atoms with Gasteiger partial charge >= 0.3 is 0 Å². The number of nitrogens with zero attached hydrogens (tertiary/aromatic N) is 1. The van der Waals surface area contributed by atoms with E-state index in [2.05, 4.69) is 205 Å². The van der Waals surface area contributed by atoms with Crippen molar-refractivity contribution in [2.75, 3.05) is 4.90 Å². The summed E-state index contributed by atoms with van der Waals surface area (Å²) in [5.74, 6) is 0. The molecular weight excluding hydrogens is 655 g/mol. The molecule has 1 heterocycles. The fraction of sp³-hybridized carbons (Fsp3) is 0. The Kier molecular flexibility index (Phi) is 7.85. The van der Waals surface area contributed by atoms with E-state index in [4.69, 9.17) is 4.42 Å². The van der Waals surface area contributed by atoms with Gasteiger partial charge in [0, 0.05) is 27.7 Å². The third-order valence-corrected chi connectivity index (χ3v) is 10.5. The number of hydrogen-bond donors (Lipinski definition) is 0. The number of para-hydroxylation sites is 1. The van der Waals surface area contributed by atoms with Crippen LogP contribution in [0.1, 0.15) is 0 Å². The Morgan fingerprint density at radius 3 is 1.61 bits per heavy atom. The summed E-state index contributed by atoms with van der Waals surface area (Å²) in [6.45, 7) is 0. The first kappa shape index (κ1) is 31.6. The van der Waals surface area contributed by atoms with E-state index < -0.39 is 0 Å². The molecule has 0 radical (unpaired) electrons. The van der Waals surface area contributed by atoms with Crippen LogP contribution in [0, 0.1) is 0 Å². The summed E-state index contributed by atoms with van der Waals surface area (Å²) in [5.41, 5.74) is 14.4. The van der Waals surface area contributed by atoms with E-state index >= 15 is 0 Å². The number of furan rings is 1. The molecule has 0 fully saturated rings. The van der Waals surface area contributed by atoms with Crippen LogP contribution >= 0.6 is 0 Å².